The molecule has 1 aromatic heterocycles. The number of aromatic nitrogens is 3. The Morgan fingerprint density at radius 2 is 1.88 bits per heavy atom. The van der Waals surface area contributed by atoms with Gasteiger partial charge in [0.1, 0.15) is 0 Å². The third-order valence-corrected chi connectivity index (χ3v) is 4.06. The maximum absolute atomic E-state index is 11.9. The summed E-state index contributed by atoms with van der Waals surface area (Å²) in [7, 11) is 0. The first kappa shape index (κ1) is 18.6. The van der Waals surface area contributed by atoms with Crippen molar-refractivity contribution in [1.29, 1.82) is 0 Å². The quantitative estimate of drug-likeness (QED) is 0.754. The molecule has 1 aliphatic heterocycles. The Kier molecular flexibility index (Phi) is 6.93. The van der Waals surface area contributed by atoms with E-state index in [0.29, 0.717) is 5.69 Å². The Morgan fingerprint density at radius 1 is 1.21 bits per heavy atom. The highest BCUT2D eigenvalue weighted by Gasteiger charge is 2.16. The molecule has 0 atom stereocenters. The molecule has 0 radical (unpaired) electrons. The molecule has 0 aliphatic carbocycles. The van der Waals surface area contributed by atoms with Gasteiger partial charge >= 0.3 is 0 Å². The molecular weight excluding hydrogens is 304 g/mol. The lowest BCUT2D eigenvalue weighted by molar-refractivity contribution is 0.0938. The van der Waals surface area contributed by atoms with Crippen LogP contribution in [-0.4, -0.2) is 76.0 Å². The predicted octanol–water partition coefficient (Wildman–Crippen LogP) is 1.00. The zero-order chi connectivity index (χ0) is 17.5. The van der Waals surface area contributed by atoms with E-state index in [1.807, 2.05) is 13.8 Å². The minimum atomic E-state index is -0.163. The first-order valence-electron chi connectivity index (χ1n) is 8.73. The molecule has 1 aromatic rings. The maximum atomic E-state index is 11.9. The zero-order valence-electron chi connectivity index (χ0n) is 15.3. The Labute approximate surface area is 144 Å². The summed E-state index contributed by atoms with van der Waals surface area (Å²) in [6.45, 7) is 15.2. The summed E-state index contributed by atoms with van der Waals surface area (Å²) >= 11 is 0. The topological polar surface area (TPSA) is 66.3 Å². The minimum absolute atomic E-state index is 0.102. The van der Waals surface area contributed by atoms with Crippen LogP contribution in [0.3, 0.4) is 0 Å². The van der Waals surface area contributed by atoms with Gasteiger partial charge in [0.25, 0.3) is 5.91 Å². The Bertz CT molecular complexity index is 553. The van der Waals surface area contributed by atoms with Crippen LogP contribution < -0.4 is 5.32 Å². The molecule has 7 nitrogen and oxygen atoms in total. The van der Waals surface area contributed by atoms with E-state index in [1.54, 1.807) is 10.9 Å². The van der Waals surface area contributed by atoms with Crippen molar-refractivity contribution in [3.05, 3.63) is 23.5 Å². The fourth-order valence-corrected chi connectivity index (χ4v) is 2.60. The smallest absolute Gasteiger partial charge is 0.273 e. The fraction of sp³-hybridized carbons (Fsp3) is 0.706. The summed E-state index contributed by atoms with van der Waals surface area (Å²) in [4.78, 5) is 16.8. The van der Waals surface area contributed by atoms with Crippen molar-refractivity contribution in [1.82, 2.24) is 30.1 Å². The number of piperazine rings is 1. The molecule has 2 heterocycles. The lowest BCUT2D eigenvalue weighted by Crippen LogP contribution is -2.47. The van der Waals surface area contributed by atoms with Gasteiger partial charge in [0.15, 0.2) is 5.69 Å². The van der Waals surface area contributed by atoms with Crippen molar-refractivity contribution in [3.8, 4) is 0 Å². The summed E-state index contributed by atoms with van der Waals surface area (Å²) in [5.74, 6) is -0.163. The van der Waals surface area contributed by atoms with Gasteiger partial charge in [-0.2, -0.15) is 0 Å². The monoisotopic (exact) mass is 334 g/mol. The highest BCUT2D eigenvalue weighted by molar-refractivity contribution is 5.91. The first-order chi connectivity index (χ1) is 11.4. The van der Waals surface area contributed by atoms with Gasteiger partial charge in [0.2, 0.25) is 0 Å². The number of amides is 1. The van der Waals surface area contributed by atoms with E-state index in [1.165, 1.54) is 5.57 Å². The van der Waals surface area contributed by atoms with Gasteiger partial charge in [-0.1, -0.05) is 16.9 Å². The van der Waals surface area contributed by atoms with E-state index >= 15 is 0 Å². The van der Waals surface area contributed by atoms with Crippen LogP contribution in [0.5, 0.6) is 0 Å². The number of nitrogens with one attached hydrogen (secondary N) is 1. The molecule has 24 heavy (non-hydrogen) atoms. The molecular formula is C17H30N6O. The lowest BCUT2D eigenvalue weighted by atomic mass is 10.2. The van der Waals surface area contributed by atoms with Gasteiger partial charge in [-0.05, 0) is 27.7 Å². The Balaban J connectivity index is 1.72. The van der Waals surface area contributed by atoms with Gasteiger partial charge in [-0.15, -0.1) is 5.10 Å². The van der Waals surface area contributed by atoms with Crippen LogP contribution in [0, 0.1) is 0 Å². The summed E-state index contributed by atoms with van der Waals surface area (Å²) in [6, 6.07) is 0.102. The Morgan fingerprint density at radius 3 is 2.50 bits per heavy atom. The third-order valence-electron chi connectivity index (χ3n) is 4.06. The lowest BCUT2D eigenvalue weighted by Gasteiger charge is -2.34. The number of hydrogen-bond acceptors (Lipinski definition) is 5. The summed E-state index contributed by atoms with van der Waals surface area (Å²) < 4.78 is 1.75. The molecule has 0 bridgehead atoms. The third kappa shape index (κ3) is 6.05. The standard InChI is InChI=1S/C17H30N6O/c1-14(2)5-6-21-7-9-22(10-8-21)11-12-23-13-16(19-20-23)17(24)18-15(3)4/h5,13,15H,6-12H2,1-4H3,(H,18,24). The van der Waals surface area contributed by atoms with E-state index in [0.717, 1.165) is 45.8 Å². The summed E-state index contributed by atoms with van der Waals surface area (Å²) in [5, 5.41) is 10.8. The summed E-state index contributed by atoms with van der Waals surface area (Å²) in [6.07, 6.45) is 4.01. The average Bonchev–Trinajstić information content (AvgIpc) is 3.00. The van der Waals surface area contributed by atoms with E-state index in [2.05, 4.69) is 45.4 Å². The molecule has 0 spiro atoms. The first-order valence-corrected chi connectivity index (χ1v) is 8.73. The Hall–Kier alpha value is -1.73. The van der Waals surface area contributed by atoms with Crippen molar-refractivity contribution in [2.24, 2.45) is 0 Å². The second kappa shape index (κ2) is 8.94. The van der Waals surface area contributed by atoms with E-state index in [-0.39, 0.29) is 11.9 Å². The molecule has 0 unspecified atom stereocenters. The summed E-state index contributed by atoms with van der Waals surface area (Å²) in [5.41, 5.74) is 1.76. The molecule has 0 aromatic carbocycles. The van der Waals surface area contributed by atoms with Crippen LogP contribution in [0.4, 0.5) is 0 Å². The maximum Gasteiger partial charge on any atom is 0.273 e. The van der Waals surface area contributed by atoms with Crippen molar-refractivity contribution in [2.45, 2.75) is 40.3 Å². The predicted molar refractivity (Wildman–Crippen MR) is 94.9 cm³/mol. The second-order valence-corrected chi connectivity index (χ2v) is 6.92. The van der Waals surface area contributed by atoms with Crippen LogP contribution in [0.1, 0.15) is 38.2 Å². The molecule has 2 rings (SSSR count). The normalized spacial score (nSPS) is 16.4. The van der Waals surface area contributed by atoms with Gasteiger partial charge in [-0.25, -0.2) is 0 Å². The molecule has 1 amide bonds. The fourth-order valence-electron chi connectivity index (χ4n) is 2.60. The highest BCUT2D eigenvalue weighted by atomic mass is 16.2. The van der Waals surface area contributed by atoms with Crippen molar-refractivity contribution in [2.75, 3.05) is 39.3 Å². The number of rotatable bonds is 7. The molecule has 1 aliphatic rings. The second-order valence-electron chi connectivity index (χ2n) is 6.92. The van der Waals surface area contributed by atoms with Crippen LogP contribution in [0.25, 0.3) is 0 Å². The molecule has 0 saturated carbocycles. The van der Waals surface area contributed by atoms with Crippen LogP contribution in [-0.2, 0) is 6.54 Å². The van der Waals surface area contributed by atoms with Crippen LogP contribution >= 0.6 is 0 Å². The zero-order valence-corrected chi connectivity index (χ0v) is 15.3. The van der Waals surface area contributed by atoms with Crippen molar-refractivity contribution < 1.29 is 4.79 Å². The number of nitrogens with zero attached hydrogens (tertiary/aromatic N) is 5. The van der Waals surface area contributed by atoms with Crippen molar-refractivity contribution >= 4 is 5.91 Å². The van der Waals surface area contributed by atoms with E-state index in [9.17, 15) is 4.79 Å². The van der Waals surface area contributed by atoms with Gasteiger partial charge in [0.05, 0.1) is 12.7 Å². The molecule has 1 fully saturated rings. The van der Waals surface area contributed by atoms with Crippen LogP contribution in [0.15, 0.2) is 17.8 Å². The number of allylic oxidation sites excluding steroid dienone is 1. The van der Waals surface area contributed by atoms with E-state index < -0.39 is 0 Å². The van der Waals surface area contributed by atoms with E-state index in [4.69, 9.17) is 0 Å². The number of carbonyl (C=O) groups excluding carboxylic acids is 1. The van der Waals surface area contributed by atoms with Gasteiger partial charge < -0.3 is 5.32 Å². The number of carbonyl (C=O) groups is 1. The van der Waals surface area contributed by atoms with Gasteiger partial charge in [-0.3, -0.25) is 19.3 Å². The van der Waals surface area contributed by atoms with Gasteiger partial charge in [0, 0.05) is 45.3 Å². The average molecular weight is 334 g/mol. The van der Waals surface area contributed by atoms with Crippen LogP contribution in [0.2, 0.25) is 0 Å². The molecule has 134 valence electrons. The molecule has 1 N–H and O–H groups in total. The SMILES string of the molecule is CC(C)=CCN1CCN(CCn2cc(C(=O)NC(C)C)nn2)CC1. The van der Waals surface area contributed by atoms with Crippen molar-refractivity contribution in [3.63, 3.8) is 0 Å². The molecule has 7 heteroatoms. The number of hydrogen-bond donors (Lipinski definition) is 1. The molecule has 1 saturated heterocycles. The highest BCUT2D eigenvalue weighted by Crippen LogP contribution is 2.03. The minimum Gasteiger partial charge on any atom is -0.348 e. The largest absolute Gasteiger partial charge is 0.348 e.